The van der Waals surface area contributed by atoms with Crippen molar-refractivity contribution in [1.29, 1.82) is 0 Å². The molecule has 140 valence electrons. The molecule has 6 heteroatoms. The highest BCUT2D eigenvalue weighted by Crippen LogP contribution is 2.42. The fourth-order valence-electron chi connectivity index (χ4n) is 3.05. The SMILES string of the molecule is COC(Nc1ccccc1)(OC)C1(Br)C=CN=C(C(=O)c2ccccc2)C1. The van der Waals surface area contributed by atoms with Crippen LogP contribution < -0.4 is 5.32 Å². The zero-order chi connectivity index (χ0) is 19.3. The van der Waals surface area contributed by atoms with Gasteiger partial charge in [-0.05, 0) is 18.2 Å². The highest BCUT2D eigenvalue weighted by Gasteiger charge is 2.52. The zero-order valence-electron chi connectivity index (χ0n) is 15.2. The molecule has 1 N–H and O–H groups in total. The number of nitrogens with zero attached hydrogens (tertiary/aromatic N) is 1. The molecule has 2 aromatic carbocycles. The van der Waals surface area contributed by atoms with Crippen molar-refractivity contribution in [1.82, 2.24) is 0 Å². The van der Waals surface area contributed by atoms with Gasteiger partial charge in [-0.1, -0.05) is 64.5 Å². The van der Waals surface area contributed by atoms with E-state index in [1.54, 1.807) is 32.6 Å². The lowest BCUT2D eigenvalue weighted by Gasteiger charge is -2.44. The van der Waals surface area contributed by atoms with Crippen LogP contribution in [0.15, 0.2) is 77.9 Å². The van der Waals surface area contributed by atoms with E-state index in [2.05, 4.69) is 26.2 Å². The van der Waals surface area contributed by atoms with Gasteiger partial charge in [0.15, 0.2) is 0 Å². The number of nitrogens with one attached hydrogen (secondary N) is 1. The van der Waals surface area contributed by atoms with Crippen molar-refractivity contribution in [2.45, 2.75) is 16.7 Å². The third kappa shape index (κ3) is 3.88. The zero-order valence-corrected chi connectivity index (χ0v) is 16.8. The number of methoxy groups -OCH3 is 2. The standard InChI is InChI=1S/C21H21BrN2O3/c1-26-21(27-2,24-17-11-7-4-8-12-17)20(22)13-14-23-18(15-20)19(25)16-9-5-3-6-10-16/h3-14,24H,15H2,1-2H3. The van der Waals surface area contributed by atoms with Crippen molar-refractivity contribution in [3.8, 4) is 0 Å². The fourth-order valence-corrected chi connectivity index (χ4v) is 3.86. The highest BCUT2D eigenvalue weighted by atomic mass is 79.9. The second-order valence-electron chi connectivity index (χ2n) is 6.14. The van der Waals surface area contributed by atoms with Crippen molar-refractivity contribution < 1.29 is 14.3 Å². The topological polar surface area (TPSA) is 59.9 Å². The van der Waals surface area contributed by atoms with Gasteiger partial charge in [0, 0.05) is 38.1 Å². The smallest absolute Gasteiger partial charge is 0.269 e. The van der Waals surface area contributed by atoms with Gasteiger partial charge in [0.2, 0.25) is 5.78 Å². The van der Waals surface area contributed by atoms with Crippen LogP contribution in [0.3, 0.4) is 0 Å². The van der Waals surface area contributed by atoms with Crippen LogP contribution in [0.5, 0.6) is 0 Å². The van der Waals surface area contributed by atoms with Crippen LogP contribution >= 0.6 is 15.9 Å². The van der Waals surface area contributed by atoms with E-state index in [1.807, 2.05) is 54.6 Å². The van der Waals surface area contributed by atoms with Crippen LogP contribution in [0.25, 0.3) is 0 Å². The van der Waals surface area contributed by atoms with E-state index >= 15 is 0 Å². The quantitative estimate of drug-likeness (QED) is 0.402. The van der Waals surface area contributed by atoms with E-state index < -0.39 is 10.2 Å². The largest absolute Gasteiger partial charge is 0.335 e. The molecule has 1 heterocycles. The first-order valence-electron chi connectivity index (χ1n) is 8.50. The average molecular weight is 429 g/mol. The number of halogens is 1. The molecule has 2 aromatic rings. The minimum absolute atomic E-state index is 0.121. The van der Waals surface area contributed by atoms with Crippen LogP contribution in [0.4, 0.5) is 5.69 Å². The summed E-state index contributed by atoms with van der Waals surface area (Å²) in [4.78, 5) is 17.2. The normalized spacial score (nSPS) is 19.4. The number of carbonyl (C=O) groups is 1. The first-order valence-corrected chi connectivity index (χ1v) is 9.29. The summed E-state index contributed by atoms with van der Waals surface area (Å²) < 4.78 is 10.7. The number of aliphatic imine (C=N–C) groups is 1. The molecule has 3 rings (SSSR count). The lowest BCUT2D eigenvalue weighted by Crippen LogP contribution is -2.59. The van der Waals surface area contributed by atoms with Crippen molar-refractivity contribution in [3.05, 3.63) is 78.5 Å². The van der Waals surface area contributed by atoms with Crippen LogP contribution in [-0.4, -0.2) is 35.9 Å². The van der Waals surface area contributed by atoms with Crippen molar-refractivity contribution in [2.24, 2.45) is 4.99 Å². The van der Waals surface area contributed by atoms with Crippen molar-refractivity contribution in [2.75, 3.05) is 19.5 Å². The Morgan fingerprint density at radius 2 is 1.67 bits per heavy atom. The van der Waals surface area contributed by atoms with Crippen LogP contribution in [-0.2, 0) is 9.47 Å². The van der Waals surface area contributed by atoms with Crippen LogP contribution in [0.2, 0.25) is 0 Å². The number of hydrogen-bond donors (Lipinski definition) is 1. The van der Waals surface area contributed by atoms with Gasteiger partial charge in [0.1, 0.15) is 4.32 Å². The molecule has 0 aliphatic carbocycles. The number of para-hydroxylation sites is 1. The molecule has 0 saturated carbocycles. The molecule has 5 nitrogen and oxygen atoms in total. The predicted molar refractivity (Wildman–Crippen MR) is 110 cm³/mol. The van der Waals surface area contributed by atoms with Crippen LogP contribution in [0, 0.1) is 0 Å². The number of ketones is 1. The summed E-state index contributed by atoms with van der Waals surface area (Å²) >= 11 is 3.75. The van der Waals surface area contributed by atoms with E-state index in [1.165, 1.54) is 0 Å². The number of benzene rings is 2. The maximum Gasteiger partial charge on any atom is 0.269 e. The number of anilines is 1. The molecule has 1 aliphatic heterocycles. The number of hydrogen-bond acceptors (Lipinski definition) is 5. The van der Waals surface area contributed by atoms with E-state index in [9.17, 15) is 4.79 Å². The summed E-state index contributed by atoms with van der Waals surface area (Å²) in [7, 11) is 3.11. The third-order valence-corrected chi connectivity index (χ3v) is 5.56. The van der Waals surface area contributed by atoms with E-state index in [0.717, 1.165) is 5.69 Å². The minimum Gasteiger partial charge on any atom is -0.335 e. The number of carbonyl (C=O) groups excluding carboxylic acids is 1. The average Bonchev–Trinajstić information content (AvgIpc) is 2.73. The molecule has 27 heavy (non-hydrogen) atoms. The van der Waals surface area contributed by atoms with Gasteiger partial charge < -0.3 is 14.8 Å². The van der Waals surface area contributed by atoms with Crippen molar-refractivity contribution >= 4 is 33.1 Å². The molecule has 0 spiro atoms. The summed E-state index contributed by atoms with van der Waals surface area (Å²) in [5.74, 6) is -1.37. The molecule has 0 saturated heterocycles. The van der Waals surface area contributed by atoms with Crippen LogP contribution in [0.1, 0.15) is 16.8 Å². The Hall–Kier alpha value is -2.28. The first kappa shape index (κ1) is 19.5. The summed E-state index contributed by atoms with van der Waals surface area (Å²) in [6.07, 6.45) is 3.73. The molecule has 1 atom stereocenters. The summed E-state index contributed by atoms with van der Waals surface area (Å²) in [5.41, 5.74) is 1.85. The molecule has 0 fully saturated rings. The molecule has 0 bridgehead atoms. The Morgan fingerprint density at radius 3 is 2.26 bits per heavy atom. The van der Waals surface area contributed by atoms with Gasteiger partial charge in [0.25, 0.3) is 5.91 Å². The fraction of sp³-hybridized carbons (Fsp3) is 0.238. The van der Waals surface area contributed by atoms with E-state index in [4.69, 9.17) is 9.47 Å². The molecule has 1 unspecified atom stereocenters. The molecule has 0 aromatic heterocycles. The lowest BCUT2D eigenvalue weighted by molar-refractivity contribution is -0.196. The monoisotopic (exact) mass is 428 g/mol. The maximum atomic E-state index is 12.9. The number of alkyl halides is 1. The van der Waals surface area contributed by atoms with Gasteiger partial charge in [-0.3, -0.25) is 9.79 Å². The Morgan fingerprint density at radius 1 is 1.07 bits per heavy atom. The number of rotatable bonds is 7. The molecule has 0 radical (unpaired) electrons. The Kier molecular flexibility index (Phi) is 5.89. The maximum absolute atomic E-state index is 12.9. The Bertz CT molecular complexity index is 848. The molecule has 0 amide bonds. The van der Waals surface area contributed by atoms with Gasteiger partial charge in [0.05, 0.1) is 5.71 Å². The predicted octanol–water partition coefficient (Wildman–Crippen LogP) is 4.42. The highest BCUT2D eigenvalue weighted by molar-refractivity contribution is 9.10. The van der Waals surface area contributed by atoms with E-state index in [-0.39, 0.29) is 5.78 Å². The lowest BCUT2D eigenvalue weighted by atomic mass is 9.91. The van der Waals surface area contributed by atoms with Crippen molar-refractivity contribution in [3.63, 3.8) is 0 Å². The molecule has 1 aliphatic rings. The summed E-state index contributed by atoms with van der Waals surface area (Å²) in [5, 5.41) is 3.29. The number of ether oxygens (including phenoxy) is 2. The second-order valence-corrected chi connectivity index (χ2v) is 7.56. The Balaban J connectivity index is 1.90. The van der Waals surface area contributed by atoms with E-state index in [0.29, 0.717) is 17.7 Å². The van der Waals surface area contributed by atoms with Gasteiger partial charge in [-0.25, -0.2) is 0 Å². The third-order valence-electron chi connectivity index (χ3n) is 4.50. The van der Waals surface area contributed by atoms with Gasteiger partial charge in [-0.15, -0.1) is 0 Å². The Labute approximate surface area is 167 Å². The molecular formula is C21H21BrN2O3. The summed E-state index contributed by atoms with van der Waals surface area (Å²) in [6.45, 7) is 0. The van der Waals surface area contributed by atoms with Gasteiger partial charge >= 0.3 is 0 Å². The minimum atomic E-state index is -1.25. The second kappa shape index (κ2) is 8.17. The summed E-state index contributed by atoms with van der Waals surface area (Å²) in [6, 6.07) is 18.7. The molecular weight excluding hydrogens is 408 g/mol. The first-order chi connectivity index (χ1) is 13.0. The van der Waals surface area contributed by atoms with Gasteiger partial charge in [-0.2, -0.15) is 0 Å². The number of Topliss-reactive ketones (excluding diaryl/α,β-unsaturated/α-hetero) is 1.